The second-order valence-electron chi connectivity index (χ2n) is 2.00. The maximum Gasteiger partial charge on any atom is 0.225 e. The molecule has 0 atom stereocenters. The summed E-state index contributed by atoms with van der Waals surface area (Å²) < 4.78 is 0. The van der Waals surface area contributed by atoms with Crippen LogP contribution in [0.15, 0.2) is 30.3 Å². The molecule has 0 saturated carbocycles. The van der Waals surface area contributed by atoms with E-state index in [1.54, 1.807) is 24.5 Å². The lowest BCUT2D eigenvalue weighted by Gasteiger charge is -1.90. The average Bonchev–Trinajstić information content (AvgIpc) is 2.04. The standard InChI is InChI=1S/C9H6ClO/c10-9-5-3-8(4-6-9)2-1-7-11/h1-6H. The molecule has 0 aliphatic heterocycles. The third-order valence-corrected chi connectivity index (χ3v) is 1.47. The Labute approximate surface area is 70.3 Å². The van der Waals surface area contributed by atoms with Crippen molar-refractivity contribution in [2.24, 2.45) is 0 Å². The molecule has 1 rings (SSSR count). The number of rotatable bonds is 2. The number of hydrogen-bond acceptors (Lipinski definition) is 1. The monoisotopic (exact) mass is 165 g/mol. The van der Waals surface area contributed by atoms with Crippen molar-refractivity contribution in [2.45, 2.75) is 0 Å². The van der Waals surface area contributed by atoms with E-state index in [0.29, 0.717) is 5.02 Å². The molecule has 0 N–H and O–H groups in total. The van der Waals surface area contributed by atoms with Crippen LogP contribution in [0.2, 0.25) is 5.02 Å². The highest BCUT2D eigenvalue weighted by Crippen LogP contribution is 2.09. The normalized spacial score (nSPS) is 10.3. The van der Waals surface area contributed by atoms with Crippen molar-refractivity contribution in [3.8, 4) is 0 Å². The number of allylic oxidation sites excluding steroid dienone is 1. The van der Waals surface area contributed by atoms with E-state index in [4.69, 9.17) is 11.6 Å². The van der Waals surface area contributed by atoms with Gasteiger partial charge in [0, 0.05) is 5.02 Å². The van der Waals surface area contributed by atoms with Crippen molar-refractivity contribution in [3.05, 3.63) is 40.9 Å². The second kappa shape index (κ2) is 3.94. The van der Waals surface area contributed by atoms with Crippen LogP contribution in [0, 0.1) is 0 Å². The summed E-state index contributed by atoms with van der Waals surface area (Å²) in [5.74, 6) is 0. The van der Waals surface area contributed by atoms with Crippen molar-refractivity contribution in [1.82, 2.24) is 0 Å². The second-order valence-corrected chi connectivity index (χ2v) is 2.44. The summed E-state index contributed by atoms with van der Waals surface area (Å²) in [6.45, 7) is 0. The Morgan fingerprint density at radius 2 is 1.91 bits per heavy atom. The first-order chi connectivity index (χ1) is 5.33. The van der Waals surface area contributed by atoms with Crippen molar-refractivity contribution in [1.29, 1.82) is 0 Å². The van der Waals surface area contributed by atoms with Gasteiger partial charge in [0.15, 0.2) is 0 Å². The third kappa shape index (κ3) is 2.56. The molecular weight excluding hydrogens is 160 g/mol. The van der Waals surface area contributed by atoms with E-state index >= 15 is 0 Å². The molecule has 0 spiro atoms. The van der Waals surface area contributed by atoms with E-state index in [-0.39, 0.29) is 0 Å². The van der Waals surface area contributed by atoms with Gasteiger partial charge in [-0.2, -0.15) is 0 Å². The number of benzene rings is 1. The summed E-state index contributed by atoms with van der Waals surface area (Å²) in [5.41, 5.74) is 0.942. The van der Waals surface area contributed by atoms with Gasteiger partial charge in [0.2, 0.25) is 6.29 Å². The molecule has 0 unspecified atom stereocenters. The lowest BCUT2D eigenvalue weighted by Crippen LogP contribution is -1.70. The summed E-state index contributed by atoms with van der Waals surface area (Å²) in [6.07, 6.45) is 4.66. The fraction of sp³-hybridized carbons (Fsp3) is 0. The molecule has 0 bridgehead atoms. The van der Waals surface area contributed by atoms with Crippen LogP contribution in [0.1, 0.15) is 5.56 Å². The lowest BCUT2D eigenvalue weighted by molar-refractivity contribution is 0.564. The first-order valence-electron chi connectivity index (χ1n) is 3.13. The molecule has 1 radical (unpaired) electrons. The molecule has 55 valence electrons. The Kier molecular flexibility index (Phi) is 2.87. The molecule has 11 heavy (non-hydrogen) atoms. The van der Waals surface area contributed by atoms with E-state index in [1.807, 2.05) is 12.1 Å². The topological polar surface area (TPSA) is 17.1 Å². The Balaban J connectivity index is 2.81. The van der Waals surface area contributed by atoms with E-state index in [9.17, 15) is 4.79 Å². The Morgan fingerprint density at radius 1 is 1.27 bits per heavy atom. The fourth-order valence-corrected chi connectivity index (χ4v) is 0.830. The minimum Gasteiger partial charge on any atom is -0.286 e. The Morgan fingerprint density at radius 3 is 2.45 bits per heavy atom. The van der Waals surface area contributed by atoms with Gasteiger partial charge < -0.3 is 0 Å². The van der Waals surface area contributed by atoms with Gasteiger partial charge in [-0.15, -0.1) is 0 Å². The molecule has 1 aromatic rings. The molecule has 1 nitrogen and oxygen atoms in total. The highest BCUT2D eigenvalue weighted by atomic mass is 35.5. The van der Waals surface area contributed by atoms with Crippen molar-refractivity contribution in [3.63, 3.8) is 0 Å². The van der Waals surface area contributed by atoms with Crippen LogP contribution >= 0.6 is 11.6 Å². The molecule has 0 amide bonds. The fourth-order valence-electron chi connectivity index (χ4n) is 0.704. The van der Waals surface area contributed by atoms with Crippen molar-refractivity contribution >= 4 is 24.0 Å². The molecular formula is C9H6ClO. The smallest absolute Gasteiger partial charge is 0.225 e. The van der Waals surface area contributed by atoms with Crippen LogP contribution in [-0.4, -0.2) is 6.29 Å². The maximum absolute atomic E-state index is 9.81. The quantitative estimate of drug-likeness (QED) is 0.616. The Hall–Kier alpha value is -1.08. The molecule has 0 aliphatic rings. The molecule has 0 fully saturated rings. The first kappa shape index (κ1) is 8.02. The van der Waals surface area contributed by atoms with Gasteiger partial charge >= 0.3 is 0 Å². The first-order valence-corrected chi connectivity index (χ1v) is 3.50. The number of carbonyl (C=O) groups excluding carboxylic acids is 1. The van der Waals surface area contributed by atoms with Gasteiger partial charge in [-0.3, -0.25) is 4.79 Å². The molecule has 0 aromatic heterocycles. The van der Waals surface area contributed by atoms with Crippen LogP contribution in [0.5, 0.6) is 0 Å². The van der Waals surface area contributed by atoms with Gasteiger partial charge in [0.05, 0.1) is 0 Å². The zero-order valence-corrected chi connectivity index (χ0v) is 6.51. The summed E-state index contributed by atoms with van der Waals surface area (Å²) in [5, 5.41) is 0.692. The predicted molar refractivity (Wildman–Crippen MR) is 46.2 cm³/mol. The van der Waals surface area contributed by atoms with Gasteiger partial charge in [-0.25, -0.2) is 0 Å². The maximum atomic E-state index is 9.81. The van der Waals surface area contributed by atoms with Crippen LogP contribution in [0.4, 0.5) is 0 Å². The van der Waals surface area contributed by atoms with Crippen LogP contribution in [0.25, 0.3) is 6.08 Å². The molecule has 0 aliphatic carbocycles. The van der Waals surface area contributed by atoms with E-state index in [1.165, 1.54) is 6.08 Å². The summed E-state index contributed by atoms with van der Waals surface area (Å²) in [7, 11) is 0. The zero-order chi connectivity index (χ0) is 8.10. The molecule has 2 heteroatoms. The lowest BCUT2D eigenvalue weighted by atomic mass is 10.2. The van der Waals surface area contributed by atoms with E-state index < -0.39 is 0 Å². The zero-order valence-electron chi connectivity index (χ0n) is 5.75. The minimum atomic E-state index is 0.692. The van der Waals surface area contributed by atoms with E-state index in [0.717, 1.165) is 5.56 Å². The molecule has 0 saturated heterocycles. The van der Waals surface area contributed by atoms with Gasteiger partial charge in [0.25, 0.3) is 0 Å². The van der Waals surface area contributed by atoms with Crippen molar-refractivity contribution in [2.75, 3.05) is 0 Å². The van der Waals surface area contributed by atoms with Gasteiger partial charge in [0.1, 0.15) is 0 Å². The van der Waals surface area contributed by atoms with Crippen LogP contribution in [-0.2, 0) is 4.79 Å². The molecule has 1 aromatic carbocycles. The highest BCUT2D eigenvalue weighted by molar-refractivity contribution is 6.30. The molecule has 0 heterocycles. The van der Waals surface area contributed by atoms with Gasteiger partial charge in [-0.1, -0.05) is 29.8 Å². The van der Waals surface area contributed by atoms with E-state index in [2.05, 4.69) is 0 Å². The average molecular weight is 166 g/mol. The minimum absolute atomic E-state index is 0.692. The Bertz CT molecular complexity index is 261. The summed E-state index contributed by atoms with van der Waals surface area (Å²) in [6, 6.07) is 7.20. The van der Waals surface area contributed by atoms with Crippen LogP contribution in [0.3, 0.4) is 0 Å². The highest BCUT2D eigenvalue weighted by Gasteiger charge is 1.85. The number of hydrogen-bond donors (Lipinski definition) is 0. The number of halogens is 1. The summed E-state index contributed by atoms with van der Waals surface area (Å²) >= 11 is 5.64. The summed E-state index contributed by atoms with van der Waals surface area (Å²) in [4.78, 5) is 9.81. The largest absolute Gasteiger partial charge is 0.286 e. The third-order valence-electron chi connectivity index (χ3n) is 1.21. The van der Waals surface area contributed by atoms with Gasteiger partial charge in [-0.05, 0) is 23.8 Å². The van der Waals surface area contributed by atoms with Crippen LogP contribution < -0.4 is 0 Å². The van der Waals surface area contributed by atoms with Crippen molar-refractivity contribution < 1.29 is 4.79 Å². The SMILES string of the molecule is O=[C]C=Cc1ccc(Cl)cc1. The predicted octanol–water partition coefficient (Wildman–Crippen LogP) is 2.46.